The van der Waals surface area contributed by atoms with Crippen LogP contribution < -0.4 is 10.3 Å². The third-order valence-electron chi connectivity index (χ3n) is 6.38. The van der Waals surface area contributed by atoms with Crippen LogP contribution in [0.15, 0.2) is 47.3 Å². The van der Waals surface area contributed by atoms with Gasteiger partial charge in [0.25, 0.3) is 11.5 Å². The molecule has 0 radical (unpaired) electrons. The van der Waals surface area contributed by atoms with Gasteiger partial charge < -0.3 is 24.1 Å². The minimum atomic E-state index is -0.530. The van der Waals surface area contributed by atoms with Gasteiger partial charge in [-0.3, -0.25) is 14.2 Å². The quantitative estimate of drug-likeness (QED) is 0.594. The van der Waals surface area contributed by atoms with Gasteiger partial charge in [0, 0.05) is 37.1 Å². The lowest BCUT2D eigenvalue weighted by molar-refractivity contribution is -0.181. The predicted molar refractivity (Wildman–Crippen MR) is 125 cm³/mol. The van der Waals surface area contributed by atoms with Gasteiger partial charge in [-0.05, 0) is 36.5 Å². The van der Waals surface area contributed by atoms with E-state index in [1.165, 1.54) is 4.57 Å². The van der Waals surface area contributed by atoms with Crippen LogP contribution in [0.3, 0.4) is 0 Å². The highest BCUT2D eigenvalue weighted by molar-refractivity contribution is 7.71. The number of para-hydroxylation sites is 1. The van der Waals surface area contributed by atoms with E-state index in [9.17, 15) is 9.59 Å². The Balaban J connectivity index is 1.41. The molecule has 172 valence electrons. The minimum Gasteiger partial charge on any atom is -0.496 e. The first-order valence-electron chi connectivity index (χ1n) is 11.0. The molecule has 0 saturated carbocycles. The predicted octanol–water partition coefficient (Wildman–Crippen LogP) is 3.10. The number of hydrogen-bond acceptors (Lipinski definition) is 6. The maximum absolute atomic E-state index is 13.2. The first-order valence-corrected chi connectivity index (χ1v) is 11.4. The van der Waals surface area contributed by atoms with E-state index in [4.69, 9.17) is 26.4 Å². The average Bonchev–Trinajstić information content (AvgIpc) is 3.29. The standard InChI is InChI=1S/C24H25N3O5S/c1-30-20-5-3-2-4-17(20)15-27-22(29)18-7-6-16(14-19(18)25-23(27)33)21(28)26-10-8-24(9-11-26)31-12-13-32-24/h2-7,14H,8-13,15H2,1H3,(H,25,33). The summed E-state index contributed by atoms with van der Waals surface area (Å²) in [4.78, 5) is 31.2. The van der Waals surface area contributed by atoms with Crippen LogP contribution in [0.5, 0.6) is 5.75 Å². The van der Waals surface area contributed by atoms with Crippen LogP contribution in [0.25, 0.3) is 10.9 Å². The number of amides is 1. The average molecular weight is 468 g/mol. The van der Waals surface area contributed by atoms with Gasteiger partial charge in [0.2, 0.25) is 0 Å². The van der Waals surface area contributed by atoms with Crippen molar-refractivity contribution < 1.29 is 19.0 Å². The Morgan fingerprint density at radius 3 is 2.61 bits per heavy atom. The second-order valence-electron chi connectivity index (χ2n) is 8.29. The fourth-order valence-corrected chi connectivity index (χ4v) is 4.81. The van der Waals surface area contributed by atoms with Gasteiger partial charge in [0.1, 0.15) is 5.75 Å². The molecule has 2 fully saturated rings. The molecule has 5 rings (SSSR count). The molecule has 0 aliphatic carbocycles. The summed E-state index contributed by atoms with van der Waals surface area (Å²) < 4.78 is 18.7. The molecular weight excluding hydrogens is 442 g/mol. The number of piperidine rings is 1. The highest BCUT2D eigenvalue weighted by Crippen LogP contribution is 2.31. The normalized spacial score (nSPS) is 17.5. The Morgan fingerprint density at radius 2 is 1.88 bits per heavy atom. The zero-order valence-corrected chi connectivity index (χ0v) is 19.2. The van der Waals surface area contributed by atoms with Gasteiger partial charge in [0.15, 0.2) is 10.6 Å². The summed E-state index contributed by atoms with van der Waals surface area (Å²) in [7, 11) is 1.59. The van der Waals surface area contributed by atoms with E-state index in [-0.39, 0.29) is 18.0 Å². The molecule has 2 aliphatic rings. The summed E-state index contributed by atoms with van der Waals surface area (Å²) in [5, 5.41) is 0.473. The minimum absolute atomic E-state index is 0.0812. The summed E-state index contributed by atoms with van der Waals surface area (Å²) in [5.41, 5.74) is 1.70. The van der Waals surface area contributed by atoms with E-state index in [0.29, 0.717) is 66.1 Å². The van der Waals surface area contributed by atoms with E-state index >= 15 is 0 Å². The molecule has 3 aromatic rings. The number of benzene rings is 2. The summed E-state index contributed by atoms with van der Waals surface area (Å²) in [6.07, 6.45) is 1.31. The Labute approximate surface area is 195 Å². The van der Waals surface area contributed by atoms with Crippen LogP contribution in [-0.2, 0) is 16.0 Å². The summed E-state index contributed by atoms with van der Waals surface area (Å²) >= 11 is 5.48. The Morgan fingerprint density at radius 1 is 1.15 bits per heavy atom. The smallest absolute Gasteiger partial charge is 0.262 e. The van der Waals surface area contributed by atoms with Crippen molar-refractivity contribution in [2.45, 2.75) is 25.2 Å². The molecular formula is C24H25N3O5S. The second kappa shape index (κ2) is 8.74. The van der Waals surface area contributed by atoms with Crippen LogP contribution in [0.2, 0.25) is 0 Å². The molecule has 2 aromatic carbocycles. The van der Waals surface area contributed by atoms with Crippen molar-refractivity contribution in [3.63, 3.8) is 0 Å². The lowest BCUT2D eigenvalue weighted by Crippen LogP contribution is -2.47. The molecule has 1 N–H and O–H groups in total. The van der Waals surface area contributed by atoms with Gasteiger partial charge in [-0.25, -0.2) is 0 Å². The zero-order valence-electron chi connectivity index (χ0n) is 18.3. The van der Waals surface area contributed by atoms with E-state index in [0.717, 1.165) is 5.56 Å². The second-order valence-corrected chi connectivity index (χ2v) is 8.68. The van der Waals surface area contributed by atoms with Gasteiger partial charge >= 0.3 is 0 Å². The Hall–Kier alpha value is -3.01. The van der Waals surface area contributed by atoms with E-state index in [1.807, 2.05) is 24.3 Å². The van der Waals surface area contributed by atoms with Crippen molar-refractivity contribution in [3.05, 3.63) is 68.7 Å². The summed E-state index contributed by atoms with van der Waals surface area (Å²) in [6.45, 7) is 2.62. The first-order chi connectivity index (χ1) is 16.0. The van der Waals surface area contributed by atoms with Gasteiger partial charge in [-0.2, -0.15) is 0 Å². The number of carbonyl (C=O) groups excluding carboxylic acids is 1. The third-order valence-corrected chi connectivity index (χ3v) is 6.70. The van der Waals surface area contributed by atoms with Gasteiger partial charge in [-0.1, -0.05) is 18.2 Å². The molecule has 1 amide bonds. The monoisotopic (exact) mass is 467 g/mol. The number of ether oxygens (including phenoxy) is 3. The number of H-pyrrole nitrogens is 1. The first kappa shape index (κ1) is 21.8. The number of aromatic amines is 1. The Bertz CT molecular complexity index is 1320. The number of nitrogens with zero attached hydrogens (tertiary/aromatic N) is 2. The molecule has 2 aliphatic heterocycles. The summed E-state index contributed by atoms with van der Waals surface area (Å²) in [5.74, 6) is 0.0799. The summed E-state index contributed by atoms with van der Waals surface area (Å²) in [6, 6.07) is 12.6. The van der Waals surface area contributed by atoms with Crippen molar-refractivity contribution in [2.75, 3.05) is 33.4 Å². The highest BCUT2D eigenvalue weighted by atomic mass is 32.1. The third kappa shape index (κ3) is 4.07. The van der Waals surface area contributed by atoms with Crippen LogP contribution in [0.4, 0.5) is 0 Å². The number of hydrogen-bond donors (Lipinski definition) is 1. The van der Waals surface area contributed by atoms with E-state index in [1.54, 1.807) is 30.2 Å². The van der Waals surface area contributed by atoms with E-state index < -0.39 is 5.79 Å². The van der Waals surface area contributed by atoms with Gasteiger partial charge in [0.05, 0.1) is 37.8 Å². The molecule has 8 nitrogen and oxygen atoms in total. The Kier molecular flexibility index (Phi) is 5.77. The van der Waals surface area contributed by atoms with Crippen molar-refractivity contribution >= 4 is 29.0 Å². The number of nitrogens with one attached hydrogen (secondary N) is 1. The van der Waals surface area contributed by atoms with E-state index in [2.05, 4.69) is 4.98 Å². The highest BCUT2D eigenvalue weighted by Gasteiger charge is 2.40. The molecule has 0 unspecified atom stereocenters. The fraction of sp³-hybridized carbons (Fsp3) is 0.375. The molecule has 0 atom stereocenters. The number of rotatable bonds is 4. The lowest BCUT2D eigenvalue weighted by Gasteiger charge is -2.37. The maximum atomic E-state index is 13.2. The van der Waals surface area contributed by atoms with Crippen LogP contribution in [0, 0.1) is 4.77 Å². The van der Waals surface area contributed by atoms with Crippen molar-refractivity contribution in [2.24, 2.45) is 0 Å². The largest absolute Gasteiger partial charge is 0.496 e. The lowest BCUT2D eigenvalue weighted by atomic mass is 10.0. The zero-order chi connectivity index (χ0) is 23.0. The molecule has 0 bridgehead atoms. The topological polar surface area (TPSA) is 85.8 Å². The van der Waals surface area contributed by atoms with Crippen molar-refractivity contribution in [1.82, 2.24) is 14.5 Å². The number of methoxy groups -OCH3 is 1. The van der Waals surface area contributed by atoms with Crippen molar-refractivity contribution in [1.29, 1.82) is 0 Å². The molecule has 1 spiro atoms. The molecule has 2 saturated heterocycles. The van der Waals surface area contributed by atoms with Crippen LogP contribution >= 0.6 is 12.2 Å². The maximum Gasteiger partial charge on any atom is 0.262 e. The molecule has 1 aromatic heterocycles. The molecule has 33 heavy (non-hydrogen) atoms. The van der Waals surface area contributed by atoms with Crippen LogP contribution in [0.1, 0.15) is 28.8 Å². The van der Waals surface area contributed by atoms with Gasteiger partial charge in [-0.15, -0.1) is 0 Å². The number of aromatic nitrogens is 2. The van der Waals surface area contributed by atoms with Crippen LogP contribution in [-0.4, -0.2) is 59.6 Å². The van der Waals surface area contributed by atoms with Crippen molar-refractivity contribution in [3.8, 4) is 5.75 Å². The number of likely N-dealkylation sites (tertiary alicyclic amines) is 1. The molecule has 3 heterocycles. The SMILES string of the molecule is COc1ccccc1Cn1c(=S)[nH]c2cc(C(=O)N3CCC4(CC3)OCCO4)ccc2c1=O. The molecule has 9 heteroatoms. The fourth-order valence-electron chi connectivity index (χ4n) is 4.55. The number of carbonyl (C=O) groups is 1. The number of fused-ring (bicyclic) bond motifs is 1.